The topological polar surface area (TPSA) is 26.3 Å². The van der Waals surface area contributed by atoms with Crippen LogP contribution in [0.15, 0.2) is 30.4 Å². The molecule has 2 rings (SSSR count). The molecule has 16 heavy (non-hydrogen) atoms. The third kappa shape index (κ3) is 1.98. The van der Waals surface area contributed by atoms with Crippen LogP contribution in [0.1, 0.15) is 24.3 Å². The fraction of sp³-hybridized carbons (Fsp3) is 0.308. The van der Waals surface area contributed by atoms with Crippen molar-refractivity contribution in [2.75, 3.05) is 7.11 Å². The van der Waals surface area contributed by atoms with Crippen LogP contribution in [0.5, 0.6) is 5.75 Å². The van der Waals surface area contributed by atoms with Gasteiger partial charge in [-0.3, -0.25) is 4.79 Å². The van der Waals surface area contributed by atoms with Crippen LogP contribution in [0.4, 0.5) is 0 Å². The van der Waals surface area contributed by atoms with Crippen LogP contribution in [0.25, 0.3) is 0 Å². The van der Waals surface area contributed by atoms with Crippen molar-refractivity contribution in [1.29, 1.82) is 0 Å². The third-order valence-electron chi connectivity index (χ3n) is 2.95. The van der Waals surface area contributed by atoms with Gasteiger partial charge in [0.1, 0.15) is 5.75 Å². The van der Waals surface area contributed by atoms with Gasteiger partial charge in [0, 0.05) is 11.4 Å². The van der Waals surface area contributed by atoms with Crippen molar-refractivity contribution in [3.63, 3.8) is 0 Å². The molecule has 0 heterocycles. The Balaban J connectivity index is 2.36. The van der Waals surface area contributed by atoms with Crippen LogP contribution >= 0.6 is 11.6 Å². The smallest absolute Gasteiger partial charge is 0.158 e. The SMILES string of the molecule is C=C1CC(c2cc(Cl)ccc2OC)CC1=O. The lowest BCUT2D eigenvalue weighted by molar-refractivity contribution is -0.114. The van der Waals surface area contributed by atoms with Crippen LogP contribution in [0.3, 0.4) is 0 Å². The Labute approximate surface area is 99.9 Å². The van der Waals surface area contributed by atoms with E-state index in [4.69, 9.17) is 16.3 Å². The quantitative estimate of drug-likeness (QED) is 0.736. The summed E-state index contributed by atoms with van der Waals surface area (Å²) in [5.74, 6) is 1.09. The molecule has 0 aromatic heterocycles. The maximum absolute atomic E-state index is 11.5. The van der Waals surface area contributed by atoms with Crippen LogP contribution in [0.2, 0.25) is 5.02 Å². The van der Waals surface area contributed by atoms with Crippen molar-refractivity contribution in [2.45, 2.75) is 18.8 Å². The van der Waals surface area contributed by atoms with Gasteiger partial charge in [0.05, 0.1) is 7.11 Å². The molecule has 1 unspecified atom stereocenters. The first-order chi connectivity index (χ1) is 7.61. The van der Waals surface area contributed by atoms with Crippen molar-refractivity contribution in [2.24, 2.45) is 0 Å². The summed E-state index contributed by atoms with van der Waals surface area (Å²) in [4.78, 5) is 11.5. The Kier molecular flexibility index (Phi) is 3.01. The lowest BCUT2D eigenvalue weighted by atomic mass is 9.96. The summed E-state index contributed by atoms with van der Waals surface area (Å²) in [5.41, 5.74) is 1.70. The Morgan fingerprint density at radius 1 is 1.44 bits per heavy atom. The van der Waals surface area contributed by atoms with Gasteiger partial charge in [0.25, 0.3) is 0 Å². The number of ether oxygens (including phenoxy) is 1. The number of ketones is 1. The second-order valence-electron chi connectivity index (χ2n) is 4.02. The van der Waals surface area contributed by atoms with Gasteiger partial charge in [-0.2, -0.15) is 0 Å². The maximum Gasteiger partial charge on any atom is 0.158 e. The van der Waals surface area contributed by atoms with Crippen molar-refractivity contribution in [3.05, 3.63) is 40.9 Å². The van der Waals surface area contributed by atoms with Gasteiger partial charge in [-0.05, 0) is 41.7 Å². The molecule has 0 aliphatic heterocycles. The zero-order valence-corrected chi connectivity index (χ0v) is 9.88. The standard InChI is InChI=1S/C13H13ClO2/c1-8-5-9(6-12(8)15)11-7-10(14)3-4-13(11)16-2/h3-4,7,9H,1,5-6H2,2H3. The fourth-order valence-corrected chi connectivity index (χ4v) is 2.28. The molecule has 2 nitrogen and oxygen atoms in total. The predicted octanol–water partition coefficient (Wildman–Crippen LogP) is 3.35. The molecule has 1 aromatic rings. The summed E-state index contributed by atoms with van der Waals surface area (Å²) in [6.07, 6.45) is 1.21. The van der Waals surface area contributed by atoms with Crippen LogP contribution in [0, 0.1) is 0 Å². The van der Waals surface area contributed by atoms with E-state index in [-0.39, 0.29) is 11.7 Å². The van der Waals surface area contributed by atoms with Gasteiger partial charge in [-0.15, -0.1) is 0 Å². The number of rotatable bonds is 2. The third-order valence-corrected chi connectivity index (χ3v) is 3.19. The van der Waals surface area contributed by atoms with E-state index in [1.807, 2.05) is 12.1 Å². The molecule has 1 aromatic carbocycles. The van der Waals surface area contributed by atoms with Gasteiger partial charge in [-0.1, -0.05) is 18.2 Å². The molecule has 0 spiro atoms. The van der Waals surface area contributed by atoms with E-state index in [1.54, 1.807) is 13.2 Å². The molecule has 3 heteroatoms. The molecule has 1 fully saturated rings. The van der Waals surface area contributed by atoms with E-state index >= 15 is 0 Å². The zero-order chi connectivity index (χ0) is 11.7. The monoisotopic (exact) mass is 236 g/mol. The molecule has 1 aliphatic rings. The normalized spacial score (nSPS) is 20.2. The first-order valence-corrected chi connectivity index (χ1v) is 5.54. The second-order valence-corrected chi connectivity index (χ2v) is 4.45. The lowest BCUT2D eigenvalue weighted by Crippen LogP contribution is -1.98. The van der Waals surface area contributed by atoms with Gasteiger partial charge in [0.2, 0.25) is 0 Å². The highest BCUT2D eigenvalue weighted by Crippen LogP contribution is 2.40. The molecule has 84 valence electrons. The van der Waals surface area contributed by atoms with Gasteiger partial charge in [0.15, 0.2) is 5.78 Å². The number of allylic oxidation sites excluding steroid dienone is 1. The summed E-state index contributed by atoms with van der Waals surface area (Å²) < 4.78 is 5.28. The molecule has 0 saturated heterocycles. The van der Waals surface area contributed by atoms with Crippen LogP contribution in [-0.2, 0) is 4.79 Å². The largest absolute Gasteiger partial charge is 0.496 e. The second kappa shape index (κ2) is 4.30. The summed E-state index contributed by atoms with van der Waals surface area (Å²) >= 11 is 5.96. The minimum atomic E-state index is 0.145. The highest BCUT2D eigenvalue weighted by Gasteiger charge is 2.29. The number of hydrogen-bond acceptors (Lipinski definition) is 2. The van der Waals surface area contributed by atoms with E-state index in [0.29, 0.717) is 23.4 Å². The summed E-state index contributed by atoms with van der Waals surface area (Å²) in [7, 11) is 1.62. The van der Waals surface area contributed by atoms with Crippen LogP contribution < -0.4 is 4.74 Å². The predicted molar refractivity (Wildman–Crippen MR) is 64.1 cm³/mol. The van der Waals surface area contributed by atoms with E-state index in [0.717, 1.165) is 11.3 Å². The fourth-order valence-electron chi connectivity index (χ4n) is 2.10. The molecule has 0 radical (unpaired) electrons. The summed E-state index contributed by atoms with van der Waals surface area (Å²) in [6.45, 7) is 3.77. The molecular weight excluding hydrogens is 224 g/mol. The van der Waals surface area contributed by atoms with Crippen molar-refractivity contribution in [1.82, 2.24) is 0 Å². The van der Waals surface area contributed by atoms with Gasteiger partial charge in [-0.25, -0.2) is 0 Å². The van der Waals surface area contributed by atoms with Crippen molar-refractivity contribution >= 4 is 17.4 Å². The Hall–Kier alpha value is -1.28. The number of benzene rings is 1. The lowest BCUT2D eigenvalue weighted by Gasteiger charge is -2.13. The molecule has 1 aliphatic carbocycles. The average molecular weight is 237 g/mol. The minimum Gasteiger partial charge on any atom is -0.496 e. The highest BCUT2D eigenvalue weighted by molar-refractivity contribution is 6.30. The van der Waals surface area contributed by atoms with Gasteiger partial charge < -0.3 is 4.74 Å². The van der Waals surface area contributed by atoms with Crippen LogP contribution in [-0.4, -0.2) is 12.9 Å². The Bertz CT molecular complexity index is 435. The maximum atomic E-state index is 11.5. The molecule has 0 N–H and O–H groups in total. The highest BCUT2D eigenvalue weighted by atomic mass is 35.5. The first kappa shape index (κ1) is 11.2. The number of hydrogen-bond donors (Lipinski definition) is 0. The Morgan fingerprint density at radius 3 is 2.75 bits per heavy atom. The van der Waals surface area contributed by atoms with Gasteiger partial charge >= 0.3 is 0 Å². The van der Waals surface area contributed by atoms with E-state index in [1.165, 1.54) is 0 Å². The molecular formula is C13H13ClO2. The zero-order valence-electron chi connectivity index (χ0n) is 9.13. The molecule has 1 saturated carbocycles. The number of carbonyl (C=O) groups is 1. The number of Topliss-reactive ketones (excluding diaryl/α,β-unsaturated/α-hetero) is 1. The van der Waals surface area contributed by atoms with E-state index < -0.39 is 0 Å². The molecule has 1 atom stereocenters. The average Bonchev–Trinajstić information content (AvgIpc) is 2.59. The van der Waals surface area contributed by atoms with Crippen molar-refractivity contribution < 1.29 is 9.53 Å². The van der Waals surface area contributed by atoms with E-state index in [2.05, 4.69) is 6.58 Å². The first-order valence-electron chi connectivity index (χ1n) is 5.16. The summed E-state index contributed by atoms with van der Waals surface area (Å²) in [6, 6.07) is 5.50. The van der Waals surface area contributed by atoms with E-state index in [9.17, 15) is 4.79 Å². The number of methoxy groups -OCH3 is 1. The Morgan fingerprint density at radius 2 is 2.19 bits per heavy atom. The summed E-state index contributed by atoms with van der Waals surface area (Å²) in [5, 5.41) is 0.667. The molecule has 0 bridgehead atoms. The minimum absolute atomic E-state index is 0.145. The van der Waals surface area contributed by atoms with Crippen molar-refractivity contribution in [3.8, 4) is 5.75 Å². The number of halogens is 1. The molecule has 0 amide bonds. The number of carbonyl (C=O) groups excluding carboxylic acids is 1.